The van der Waals surface area contributed by atoms with Crippen molar-refractivity contribution in [3.05, 3.63) is 0 Å². The Morgan fingerprint density at radius 3 is 2.60 bits per heavy atom. The van der Waals surface area contributed by atoms with Gasteiger partial charge in [-0.15, -0.1) is 0 Å². The lowest BCUT2D eigenvalue weighted by Gasteiger charge is -2.18. The van der Waals surface area contributed by atoms with Crippen molar-refractivity contribution in [3.8, 4) is 6.07 Å². The third kappa shape index (κ3) is 6.92. The predicted octanol–water partition coefficient (Wildman–Crippen LogP) is 1.42. The van der Waals surface area contributed by atoms with Crippen molar-refractivity contribution in [1.82, 2.24) is 4.90 Å². The van der Waals surface area contributed by atoms with Gasteiger partial charge in [-0.05, 0) is 40.3 Å². The average molecular weight is 212 g/mol. The van der Waals surface area contributed by atoms with Crippen LogP contribution >= 0.6 is 0 Å². The summed E-state index contributed by atoms with van der Waals surface area (Å²) in [4.78, 5) is 12.8. The van der Waals surface area contributed by atoms with E-state index in [1.54, 1.807) is 0 Å². The lowest BCUT2D eigenvalue weighted by Crippen LogP contribution is -2.28. The van der Waals surface area contributed by atoms with Crippen molar-refractivity contribution in [2.75, 3.05) is 27.2 Å². The van der Waals surface area contributed by atoms with E-state index in [0.29, 0.717) is 6.54 Å². The van der Waals surface area contributed by atoms with E-state index in [9.17, 15) is 4.79 Å². The van der Waals surface area contributed by atoms with E-state index in [1.807, 2.05) is 25.8 Å². The van der Waals surface area contributed by atoms with Crippen LogP contribution in [0.25, 0.3) is 0 Å². The van der Waals surface area contributed by atoms with Gasteiger partial charge in [0.25, 0.3) is 0 Å². The zero-order valence-electron chi connectivity index (χ0n) is 10.0. The Kier molecular flexibility index (Phi) is 5.95. The topological polar surface area (TPSA) is 53.3 Å². The van der Waals surface area contributed by atoms with Crippen LogP contribution in [0.2, 0.25) is 0 Å². The van der Waals surface area contributed by atoms with Crippen molar-refractivity contribution in [2.45, 2.75) is 26.7 Å². The van der Waals surface area contributed by atoms with E-state index in [-0.39, 0.29) is 11.4 Å². The minimum Gasteiger partial charge on any atom is -0.468 e. The number of hydrogen-bond donors (Lipinski definition) is 0. The van der Waals surface area contributed by atoms with Crippen molar-refractivity contribution >= 4 is 5.97 Å². The Morgan fingerprint density at radius 1 is 1.53 bits per heavy atom. The molecular formula is C11H20N2O2. The van der Waals surface area contributed by atoms with Gasteiger partial charge in [0.2, 0.25) is 0 Å². The molecular weight excluding hydrogens is 192 g/mol. The number of nitrogens with zero attached hydrogens (tertiary/aromatic N) is 2. The first-order valence-corrected chi connectivity index (χ1v) is 5.08. The molecule has 0 N–H and O–H groups in total. The van der Waals surface area contributed by atoms with Gasteiger partial charge in [-0.1, -0.05) is 0 Å². The van der Waals surface area contributed by atoms with Crippen LogP contribution in [0.1, 0.15) is 26.7 Å². The molecule has 0 aromatic rings. The molecule has 0 unspecified atom stereocenters. The highest BCUT2D eigenvalue weighted by atomic mass is 16.5. The summed E-state index contributed by atoms with van der Waals surface area (Å²) < 4.78 is 4.56. The zero-order valence-corrected chi connectivity index (χ0v) is 10.0. The molecule has 0 aliphatic carbocycles. The van der Waals surface area contributed by atoms with E-state index in [1.165, 1.54) is 7.11 Å². The van der Waals surface area contributed by atoms with E-state index < -0.39 is 0 Å². The molecule has 0 fully saturated rings. The van der Waals surface area contributed by atoms with E-state index in [0.717, 1.165) is 19.4 Å². The number of carbonyl (C=O) groups excluding carboxylic acids is 1. The maximum Gasteiger partial charge on any atom is 0.319 e. The fourth-order valence-corrected chi connectivity index (χ4v) is 1.21. The molecule has 0 aliphatic heterocycles. The fourth-order valence-electron chi connectivity index (χ4n) is 1.21. The van der Waals surface area contributed by atoms with Crippen molar-refractivity contribution < 1.29 is 9.53 Å². The molecule has 0 aromatic heterocycles. The standard InChI is InChI=1S/C11H20N2O2/c1-11(2,9-12)6-5-7-13(3)8-10(14)15-4/h5-8H2,1-4H3. The molecule has 0 atom stereocenters. The molecule has 0 bridgehead atoms. The van der Waals surface area contributed by atoms with Gasteiger partial charge in [0.15, 0.2) is 0 Å². The smallest absolute Gasteiger partial charge is 0.319 e. The average Bonchev–Trinajstić information content (AvgIpc) is 2.17. The second-order valence-corrected chi connectivity index (χ2v) is 4.41. The molecule has 0 radical (unpaired) electrons. The van der Waals surface area contributed by atoms with Crippen LogP contribution in [0.5, 0.6) is 0 Å². The van der Waals surface area contributed by atoms with Gasteiger partial charge < -0.3 is 4.74 Å². The number of likely N-dealkylation sites (N-methyl/N-ethyl adjacent to an activating group) is 1. The number of methoxy groups -OCH3 is 1. The molecule has 0 rings (SSSR count). The summed E-state index contributed by atoms with van der Waals surface area (Å²) in [5.74, 6) is -0.225. The van der Waals surface area contributed by atoms with Crippen LogP contribution in [-0.4, -0.2) is 38.1 Å². The Balaban J connectivity index is 3.69. The van der Waals surface area contributed by atoms with Crippen LogP contribution in [0.4, 0.5) is 0 Å². The Bertz CT molecular complexity index is 243. The van der Waals surface area contributed by atoms with Gasteiger partial charge in [-0.3, -0.25) is 9.69 Å². The molecule has 4 nitrogen and oxygen atoms in total. The number of carbonyl (C=O) groups is 1. The molecule has 0 aliphatic rings. The van der Waals surface area contributed by atoms with Crippen LogP contribution in [0, 0.1) is 16.7 Å². The van der Waals surface area contributed by atoms with Gasteiger partial charge in [-0.25, -0.2) is 0 Å². The molecule has 0 amide bonds. The Labute approximate surface area is 91.8 Å². The Morgan fingerprint density at radius 2 is 2.13 bits per heavy atom. The van der Waals surface area contributed by atoms with Crippen LogP contribution in [0.15, 0.2) is 0 Å². The van der Waals surface area contributed by atoms with Gasteiger partial charge in [0, 0.05) is 0 Å². The minimum absolute atomic E-state index is 0.225. The first-order chi connectivity index (χ1) is 6.91. The van der Waals surface area contributed by atoms with E-state index >= 15 is 0 Å². The number of nitriles is 1. The minimum atomic E-state index is -0.272. The summed E-state index contributed by atoms with van der Waals surface area (Å²) in [5.41, 5.74) is -0.272. The first kappa shape index (κ1) is 13.9. The van der Waals surface area contributed by atoms with Gasteiger partial charge in [0.05, 0.1) is 25.1 Å². The van der Waals surface area contributed by atoms with Crippen LogP contribution < -0.4 is 0 Å². The fraction of sp³-hybridized carbons (Fsp3) is 0.818. The third-order valence-electron chi connectivity index (χ3n) is 2.27. The number of rotatable bonds is 6. The first-order valence-electron chi connectivity index (χ1n) is 5.08. The highest BCUT2D eigenvalue weighted by Crippen LogP contribution is 2.20. The lowest BCUT2D eigenvalue weighted by molar-refractivity contribution is -0.141. The monoisotopic (exact) mass is 212 g/mol. The highest BCUT2D eigenvalue weighted by Gasteiger charge is 2.16. The molecule has 0 heterocycles. The number of esters is 1. The van der Waals surface area contributed by atoms with Crippen molar-refractivity contribution in [2.24, 2.45) is 5.41 Å². The summed E-state index contributed by atoms with van der Waals surface area (Å²) in [7, 11) is 3.26. The van der Waals surface area contributed by atoms with Crippen molar-refractivity contribution in [1.29, 1.82) is 5.26 Å². The van der Waals surface area contributed by atoms with E-state index in [2.05, 4.69) is 10.8 Å². The summed E-state index contributed by atoms with van der Waals surface area (Å²) in [6, 6.07) is 2.26. The summed E-state index contributed by atoms with van der Waals surface area (Å²) in [6.45, 7) is 4.96. The van der Waals surface area contributed by atoms with Crippen molar-refractivity contribution in [3.63, 3.8) is 0 Å². The maximum atomic E-state index is 10.9. The van der Waals surface area contributed by atoms with Crippen LogP contribution in [-0.2, 0) is 9.53 Å². The maximum absolute atomic E-state index is 10.9. The second kappa shape index (κ2) is 6.41. The molecule has 0 saturated carbocycles. The quantitative estimate of drug-likeness (QED) is 0.625. The highest BCUT2D eigenvalue weighted by molar-refractivity contribution is 5.71. The molecule has 86 valence electrons. The third-order valence-corrected chi connectivity index (χ3v) is 2.27. The lowest BCUT2D eigenvalue weighted by atomic mass is 9.90. The summed E-state index contributed by atoms with van der Waals surface area (Å²) in [6.07, 6.45) is 1.75. The van der Waals surface area contributed by atoms with Gasteiger partial charge in [0.1, 0.15) is 0 Å². The molecule has 15 heavy (non-hydrogen) atoms. The number of ether oxygens (including phenoxy) is 1. The zero-order chi connectivity index (χ0) is 11.9. The predicted molar refractivity (Wildman–Crippen MR) is 58.1 cm³/mol. The molecule has 0 aromatic carbocycles. The van der Waals surface area contributed by atoms with Gasteiger partial charge in [-0.2, -0.15) is 5.26 Å². The Hall–Kier alpha value is -1.08. The largest absolute Gasteiger partial charge is 0.468 e. The second-order valence-electron chi connectivity index (χ2n) is 4.41. The molecule has 4 heteroatoms. The summed E-state index contributed by atoms with van der Waals surface area (Å²) in [5, 5.41) is 8.81. The van der Waals surface area contributed by atoms with Crippen LogP contribution in [0.3, 0.4) is 0 Å². The summed E-state index contributed by atoms with van der Waals surface area (Å²) >= 11 is 0. The SMILES string of the molecule is COC(=O)CN(C)CCCC(C)(C)C#N. The number of hydrogen-bond acceptors (Lipinski definition) is 4. The molecule has 0 spiro atoms. The normalized spacial score (nSPS) is 11.2. The van der Waals surface area contributed by atoms with E-state index in [4.69, 9.17) is 5.26 Å². The van der Waals surface area contributed by atoms with Gasteiger partial charge >= 0.3 is 5.97 Å². The molecule has 0 saturated heterocycles.